The highest BCUT2D eigenvalue weighted by Gasteiger charge is 2.06. The highest BCUT2D eigenvalue weighted by atomic mass is 15.2. The first-order chi connectivity index (χ1) is 8.60. The minimum absolute atomic E-state index is 0.510. The first kappa shape index (κ1) is 12.8. The lowest BCUT2D eigenvalue weighted by molar-refractivity contribution is 0.608. The molecule has 0 spiro atoms. The van der Waals surface area contributed by atoms with Gasteiger partial charge in [-0.15, -0.1) is 0 Å². The molecule has 96 valence electrons. The van der Waals surface area contributed by atoms with Crippen molar-refractivity contribution in [3.8, 4) is 11.1 Å². The second kappa shape index (κ2) is 5.36. The molecule has 3 nitrogen and oxygen atoms in total. The van der Waals surface area contributed by atoms with Crippen LogP contribution in [0, 0.1) is 6.92 Å². The monoisotopic (exact) mass is 243 g/mol. The van der Waals surface area contributed by atoms with Crippen LogP contribution >= 0.6 is 0 Å². The maximum atomic E-state index is 4.38. The molecule has 3 heteroatoms. The molecule has 2 aromatic rings. The number of aromatic nitrogens is 2. The molecule has 1 unspecified atom stereocenters. The van der Waals surface area contributed by atoms with E-state index >= 15 is 0 Å². The minimum atomic E-state index is 0.510. The summed E-state index contributed by atoms with van der Waals surface area (Å²) in [6.45, 7) is 4.24. The molecule has 0 aliphatic heterocycles. The van der Waals surface area contributed by atoms with Crippen molar-refractivity contribution in [3.63, 3.8) is 0 Å². The molecule has 1 aromatic carbocycles. The van der Waals surface area contributed by atoms with E-state index in [1.54, 1.807) is 0 Å². The van der Waals surface area contributed by atoms with Crippen molar-refractivity contribution in [2.24, 2.45) is 7.05 Å². The molecule has 1 atom stereocenters. The number of nitrogens with zero attached hydrogens (tertiary/aromatic N) is 2. The van der Waals surface area contributed by atoms with Crippen LogP contribution in [0.25, 0.3) is 11.1 Å². The summed E-state index contributed by atoms with van der Waals surface area (Å²) in [6.07, 6.45) is 3.13. The van der Waals surface area contributed by atoms with Crippen molar-refractivity contribution in [1.29, 1.82) is 0 Å². The molecule has 1 heterocycles. The minimum Gasteiger partial charge on any atom is -0.317 e. The van der Waals surface area contributed by atoms with Gasteiger partial charge in [0.25, 0.3) is 0 Å². The normalized spacial score (nSPS) is 12.7. The molecule has 0 saturated heterocycles. The van der Waals surface area contributed by atoms with Gasteiger partial charge in [-0.25, -0.2) is 0 Å². The van der Waals surface area contributed by atoms with E-state index in [9.17, 15) is 0 Å². The third kappa shape index (κ3) is 2.79. The number of hydrogen-bond acceptors (Lipinski definition) is 2. The number of hydrogen-bond donors (Lipinski definition) is 1. The summed E-state index contributed by atoms with van der Waals surface area (Å²) >= 11 is 0. The fourth-order valence-electron chi connectivity index (χ4n) is 2.16. The van der Waals surface area contributed by atoms with Crippen molar-refractivity contribution in [3.05, 3.63) is 41.7 Å². The largest absolute Gasteiger partial charge is 0.317 e. The highest BCUT2D eigenvalue weighted by Crippen LogP contribution is 2.22. The van der Waals surface area contributed by atoms with Crippen LogP contribution in [0.2, 0.25) is 0 Å². The van der Waals surface area contributed by atoms with Crippen LogP contribution in [0.4, 0.5) is 0 Å². The van der Waals surface area contributed by atoms with Gasteiger partial charge in [0.15, 0.2) is 0 Å². The summed E-state index contributed by atoms with van der Waals surface area (Å²) < 4.78 is 1.86. The maximum absolute atomic E-state index is 4.38. The topological polar surface area (TPSA) is 29.9 Å². The van der Waals surface area contributed by atoms with E-state index in [1.165, 1.54) is 16.7 Å². The Morgan fingerprint density at radius 2 is 1.94 bits per heavy atom. The SMILES string of the molecule is CNC(C)Cc1ccc(-c2cn(C)nc2C)cc1. The van der Waals surface area contributed by atoms with Crippen molar-refractivity contribution in [2.45, 2.75) is 26.3 Å². The van der Waals surface area contributed by atoms with Gasteiger partial charge in [0.05, 0.1) is 5.69 Å². The predicted octanol–water partition coefficient (Wildman–Crippen LogP) is 2.55. The van der Waals surface area contributed by atoms with Crippen LogP contribution in [0.5, 0.6) is 0 Å². The van der Waals surface area contributed by atoms with Gasteiger partial charge in [-0.1, -0.05) is 24.3 Å². The fourth-order valence-corrected chi connectivity index (χ4v) is 2.16. The summed E-state index contributed by atoms with van der Waals surface area (Å²) in [5, 5.41) is 7.64. The molecule has 2 rings (SSSR count). The molecule has 0 radical (unpaired) electrons. The zero-order valence-electron chi connectivity index (χ0n) is 11.6. The Labute approximate surface area is 109 Å². The second-order valence-corrected chi connectivity index (χ2v) is 4.89. The smallest absolute Gasteiger partial charge is 0.0671 e. The third-order valence-corrected chi connectivity index (χ3v) is 3.31. The molecular weight excluding hydrogens is 222 g/mol. The van der Waals surface area contributed by atoms with Crippen molar-refractivity contribution in [2.75, 3.05) is 7.05 Å². The summed E-state index contributed by atoms with van der Waals surface area (Å²) in [4.78, 5) is 0. The molecular formula is C15H21N3. The van der Waals surface area contributed by atoms with Crippen LogP contribution in [-0.4, -0.2) is 22.9 Å². The fraction of sp³-hybridized carbons (Fsp3) is 0.400. The summed E-state index contributed by atoms with van der Waals surface area (Å²) in [6, 6.07) is 9.28. The molecule has 0 aliphatic rings. The van der Waals surface area contributed by atoms with E-state index in [2.05, 4.69) is 47.8 Å². The first-order valence-corrected chi connectivity index (χ1v) is 6.37. The van der Waals surface area contributed by atoms with E-state index in [1.807, 2.05) is 25.7 Å². The van der Waals surface area contributed by atoms with Crippen LogP contribution in [-0.2, 0) is 13.5 Å². The molecule has 0 amide bonds. The van der Waals surface area contributed by atoms with Crippen LogP contribution in [0.3, 0.4) is 0 Å². The van der Waals surface area contributed by atoms with Gasteiger partial charge in [-0.2, -0.15) is 5.10 Å². The van der Waals surface area contributed by atoms with Gasteiger partial charge in [0.2, 0.25) is 0 Å². The lowest BCUT2D eigenvalue weighted by atomic mass is 10.0. The van der Waals surface area contributed by atoms with Crippen LogP contribution in [0.15, 0.2) is 30.5 Å². The lowest BCUT2D eigenvalue weighted by Crippen LogP contribution is -2.23. The van der Waals surface area contributed by atoms with Crippen molar-refractivity contribution in [1.82, 2.24) is 15.1 Å². The summed E-state index contributed by atoms with van der Waals surface area (Å²) in [7, 11) is 3.96. The molecule has 0 saturated carbocycles. The Bertz CT molecular complexity index is 511. The lowest BCUT2D eigenvalue weighted by Gasteiger charge is -2.10. The molecule has 1 aromatic heterocycles. The molecule has 0 bridgehead atoms. The van der Waals surface area contributed by atoms with Gasteiger partial charge in [-0.05, 0) is 38.4 Å². The second-order valence-electron chi connectivity index (χ2n) is 4.89. The van der Waals surface area contributed by atoms with Crippen molar-refractivity contribution >= 4 is 0 Å². The van der Waals surface area contributed by atoms with Gasteiger partial charge in [-0.3, -0.25) is 4.68 Å². The van der Waals surface area contributed by atoms with E-state index in [-0.39, 0.29) is 0 Å². The predicted molar refractivity (Wildman–Crippen MR) is 75.6 cm³/mol. The Kier molecular flexibility index (Phi) is 3.82. The number of aryl methyl sites for hydroxylation is 2. The Morgan fingerprint density at radius 3 is 2.44 bits per heavy atom. The zero-order chi connectivity index (χ0) is 13.1. The standard InChI is InChI=1S/C15H21N3/c1-11(16-3)9-13-5-7-14(8-6-13)15-10-18(4)17-12(15)2/h5-8,10-11,16H,9H2,1-4H3. The Hall–Kier alpha value is -1.61. The van der Waals surface area contributed by atoms with Gasteiger partial charge in [0.1, 0.15) is 0 Å². The highest BCUT2D eigenvalue weighted by molar-refractivity contribution is 5.65. The molecule has 18 heavy (non-hydrogen) atoms. The van der Waals surface area contributed by atoms with E-state index in [0.29, 0.717) is 6.04 Å². The van der Waals surface area contributed by atoms with E-state index in [4.69, 9.17) is 0 Å². The van der Waals surface area contributed by atoms with Gasteiger partial charge < -0.3 is 5.32 Å². The van der Waals surface area contributed by atoms with Crippen LogP contribution in [0.1, 0.15) is 18.2 Å². The number of likely N-dealkylation sites (N-methyl/N-ethyl adjacent to an activating group) is 1. The molecule has 0 fully saturated rings. The van der Waals surface area contributed by atoms with Gasteiger partial charge in [0, 0.05) is 24.8 Å². The van der Waals surface area contributed by atoms with Gasteiger partial charge >= 0.3 is 0 Å². The molecule has 1 N–H and O–H groups in total. The van der Waals surface area contributed by atoms with Crippen LogP contribution < -0.4 is 5.32 Å². The number of benzene rings is 1. The van der Waals surface area contributed by atoms with Crippen molar-refractivity contribution < 1.29 is 0 Å². The number of rotatable bonds is 4. The third-order valence-electron chi connectivity index (χ3n) is 3.31. The summed E-state index contributed by atoms with van der Waals surface area (Å²) in [5.74, 6) is 0. The number of nitrogens with one attached hydrogen (secondary N) is 1. The zero-order valence-corrected chi connectivity index (χ0v) is 11.6. The van der Waals surface area contributed by atoms with E-state index in [0.717, 1.165) is 12.1 Å². The Morgan fingerprint density at radius 1 is 1.28 bits per heavy atom. The quantitative estimate of drug-likeness (QED) is 0.894. The maximum Gasteiger partial charge on any atom is 0.0671 e. The van der Waals surface area contributed by atoms with E-state index < -0.39 is 0 Å². The average Bonchev–Trinajstić information content (AvgIpc) is 2.69. The molecule has 0 aliphatic carbocycles. The Balaban J connectivity index is 2.19. The average molecular weight is 243 g/mol. The first-order valence-electron chi connectivity index (χ1n) is 6.37. The summed E-state index contributed by atoms with van der Waals surface area (Å²) in [5.41, 5.74) is 4.89.